The number of anilines is 2. The number of carbonyl (C=O) groups is 2. The summed E-state index contributed by atoms with van der Waals surface area (Å²) in [6.45, 7) is 4.10. The first-order valence-corrected chi connectivity index (χ1v) is 13.0. The Kier molecular flexibility index (Phi) is 10.4. The van der Waals surface area contributed by atoms with Gasteiger partial charge >= 0.3 is 12.1 Å². The molecule has 1 N–H and O–H groups in total. The number of hydrogen-bond donors (Lipinski definition) is 1. The molecule has 0 saturated heterocycles. The van der Waals surface area contributed by atoms with E-state index in [2.05, 4.69) is 15.0 Å². The lowest BCUT2D eigenvalue weighted by Crippen LogP contribution is -2.38. The zero-order chi connectivity index (χ0) is 32.1. The van der Waals surface area contributed by atoms with Gasteiger partial charge in [0.1, 0.15) is 17.1 Å². The molecule has 11 nitrogen and oxygen atoms in total. The maximum absolute atomic E-state index is 15.5. The van der Waals surface area contributed by atoms with E-state index in [4.69, 9.17) is 21.1 Å². The third-order valence-electron chi connectivity index (χ3n) is 5.88. The number of methoxy groups -OCH3 is 2. The van der Waals surface area contributed by atoms with Crippen molar-refractivity contribution in [3.8, 4) is 5.88 Å². The minimum absolute atomic E-state index is 0.00710. The zero-order valence-corrected chi connectivity index (χ0v) is 24.6. The highest BCUT2D eigenvalue weighted by molar-refractivity contribution is 6.30. The molecule has 0 bridgehead atoms. The fourth-order valence-corrected chi connectivity index (χ4v) is 4.05. The number of nitrogens with zero attached hydrogens (tertiary/aromatic N) is 3. The van der Waals surface area contributed by atoms with Gasteiger partial charge < -0.3 is 24.4 Å². The summed E-state index contributed by atoms with van der Waals surface area (Å²) in [6, 6.07) is 6.33. The number of carbonyl (C=O) groups excluding carboxylic acids is 2. The molecule has 0 fully saturated rings. The van der Waals surface area contributed by atoms with Crippen LogP contribution in [0.15, 0.2) is 36.4 Å². The quantitative estimate of drug-likeness (QED) is 0.151. The summed E-state index contributed by atoms with van der Waals surface area (Å²) in [7, 11) is 2.38. The fraction of sp³-hybridized carbons (Fsp3) is 0.321. The molecule has 1 heterocycles. The van der Waals surface area contributed by atoms with E-state index in [-0.39, 0.29) is 57.8 Å². The molecule has 0 unspecified atom stereocenters. The van der Waals surface area contributed by atoms with Crippen LogP contribution in [-0.4, -0.2) is 53.2 Å². The van der Waals surface area contributed by atoms with Crippen LogP contribution in [0.1, 0.15) is 42.4 Å². The summed E-state index contributed by atoms with van der Waals surface area (Å²) in [5.41, 5.74) is -2.21. The molecule has 3 rings (SSSR count). The van der Waals surface area contributed by atoms with Crippen LogP contribution >= 0.6 is 11.6 Å². The molecule has 3 aromatic rings. The van der Waals surface area contributed by atoms with Crippen LogP contribution in [0, 0.1) is 27.6 Å². The van der Waals surface area contributed by atoms with E-state index in [0.717, 1.165) is 12.0 Å². The molecule has 0 atom stereocenters. The molecule has 0 aliphatic rings. The lowest BCUT2D eigenvalue weighted by atomic mass is 10.1. The molecule has 230 valence electrons. The smallest absolute Gasteiger partial charge is 0.410 e. The number of aromatic nitrogens is 1. The molecule has 1 amide bonds. The zero-order valence-electron chi connectivity index (χ0n) is 23.8. The van der Waals surface area contributed by atoms with Crippen molar-refractivity contribution >= 4 is 40.7 Å². The van der Waals surface area contributed by atoms with Gasteiger partial charge in [0.25, 0.3) is 5.69 Å². The predicted octanol–water partition coefficient (Wildman–Crippen LogP) is 6.58. The van der Waals surface area contributed by atoms with Gasteiger partial charge in [-0.15, -0.1) is 0 Å². The SMILES string of the molecule is COC(=O)c1cc(F)c(F)cc1Nc1ccc(Cl)c(F)c1CN(CCc1nc(OC)ccc1[N+](=O)[O-])C(=O)OC(C)(C)C. The molecule has 0 spiro atoms. The number of benzene rings is 2. The van der Waals surface area contributed by atoms with Crippen LogP contribution in [0.25, 0.3) is 0 Å². The second-order valence-electron chi connectivity index (χ2n) is 10.0. The summed E-state index contributed by atoms with van der Waals surface area (Å²) in [5, 5.41) is 14.0. The van der Waals surface area contributed by atoms with Gasteiger partial charge in [0.05, 0.1) is 42.0 Å². The molecule has 2 aromatic carbocycles. The monoisotopic (exact) mass is 624 g/mol. The van der Waals surface area contributed by atoms with Crippen molar-refractivity contribution in [2.75, 3.05) is 26.1 Å². The Morgan fingerprint density at radius 2 is 1.74 bits per heavy atom. The van der Waals surface area contributed by atoms with E-state index in [1.165, 1.54) is 31.4 Å². The fourth-order valence-electron chi connectivity index (χ4n) is 3.87. The van der Waals surface area contributed by atoms with Gasteiger partial charge in [-0.2, -0.15) is 0 Å². The van der Waals surface area contributed by atoms with E-state index in [0.29, 0.717) is 12.1 Å². The molecular weight excluding hydrogens is 597 g/mol. The van der Waals surface area contributed by atoms with Crippen molar-refractivity contribution in [3.05, 3.63) is 85.8 Å². The highest BCUT2D eigenvalue weighted by Crippen LogP contribution is 2.32. The molecule has 0 saturated carbocycles. The number of nitro groups is 1. The van der Waals surface area contributed by atoms with Crippen molar-refractivity contribution < 1.29 is 41.9 Å². The van der Waals surface area contributed by atoms with Crippen molar-refractivity contribution in [2.45, 2.75) is 39.3 Å². The van der Waals surface area contributed by atoms with Gasteiger partial charge in [-0.1, -0.05) is 11.6 Å². The van der Waals surface area contributed by atoms with Gasteiger partial charge in [0.2, 0.25) is 5.88 Å². The van der Waals surface area contributed by atoms with Crippen LogP contribution < -0.4 is 10.1 Å². The van der Waals surface area contributed by atoms with Crippen molar-refractivity contribution in [1.29, 1.82) is 0 Å². The summed E-state index contributed by atoms with van der Waals surface area (Å²) >= 11 is 6.05. The lowest BCUT2D eigenvalue weighted by molar-refractivity contribution is -0.386. The Hall–Kier alpha value is -4.59. The van der Waals surface area contributed by atoms with Crippen LogP contribution in [0.4, 0.5) is 35.0 Å². The maximum atomic E-state index is 15.5. The maximum Gasteiger partial charge on any atom is 0.410 e. The molecule has 15 heteroatoms. The second kappa shape index (κ2) is 13.6. The average molecular weight is 625 g/mol. The van der Waals surface area contributed by atoms with Crippen LogP contribution in [0.3, 0.4) is 0 Å². The number of hydrogen-bond acceptors (Lipinski definition) is 9. The summed E-state index contributed by atoms with van der Waals surface area (Å²) < 4.78 is 58.8. The van der Waals surface area contributed by atoms with Crippen LogP contribution in [0.5, 0.6) is 5.88 Å². The number of halogens is 4. The Labute approximate surface area is 249 Å². The molecule has 0 aliphatic carbocycles. The topological polar surface area (TPSA) is 133 Å². The van der Waals surface area contributed by atoms with Crippen LogP contribution in [0.2, 0.25) is 5.02 Å². The standard InChI is InChI=1S/C28H28ClF3N4O7/c1-28(2,3)43-27(38)35(11-10-21-23(36(39)40)8-9-24(34-21)41-4)14-16-20(7-6-17(29)25(16)32)33-22-13-19(31)18(30)12-15(22)26(37)42-5/h6-9,12-13,33H,10-11,14H2,1-5H3. The van der Waals surface area contributed by atoms with E-state index in [9.17, 15) is 28.5 Å². The van der Waals surface area contributed by atoms with Gasteiger partial charge in [0.15, 0.2) is 11.6 Å². The van der Waals surface area contributed by atoms with Gasteiger partial charge in [-0.25, -0.2) is 27.7 Å². The number of pyridine rings is 1. The van der Waals surface area contributed by atoms with E-state index < -0.39 is 46.6 Å². The highest BCUT2D eigenvalue weighted by Gasteiger charge is 2.27. The molecule has 0 radical (unpaired) electrons. The molecule has 0 aliphatic heterocycles. The first-order valence-electron chi connectivity index (χ1n) is 12.6. The Morgan fingerprint density at radius 3 is 2.35 bits per heavy atom. The summed E-state index contributed by atoms with van der Waals surface area (Å²) in [4.78, 5) is 41.6. The normalized spacial score (nSPS) is 11.1. The Morgan fingerprint density at radius 1 is 1.07 bits per heavy atom. The summed E-state index contributed by atoms with van der Waals surface area (Å²) in [5.74, 6) is -4.48. The highest BCUT2D eigenvalue weighted by atomic mass is 35.5. The number of esters is 1. The molecule has 1 aromatic heterocycles. The van der Waals surface area contributed by atoms with Crippen LogP contribution in [-0.2, 0) is 22.4 Å². The van der Waals surface area contributed by atoms with Crippen molar-refractivity contribution in [3.63, 3.8) is 0 Å². The minimum Gasteiger partial charge on any atom is -0.481 e. The Balaban J connectivity index is 2.06. The van der Waals surface area contributed by atoms with Crippen molar-refractivity contribution in [1.82, 2.24) is 9.88 Å². The summed E-state index contributed by atoms with van der Waals surface area (Å²) in [6.07, 6.45) is -1.06. The lowest BCUT2D eigenvalue weighted by Gasteiger charge is -2.28. The second-order valence-corrected chi connectivity index (χ2v) is 10.5. The van der Waals surface area contributed by atoms with Gasteiger partial charge in [-0.05, 0) is 39.0 Å². The first kappa shape index (κ1) is 32.9. The average Bonchev–Trinajstić information content (AvgIpc) is 2.94. The third-order valence-corrected chi connectivity index (χ3v) is 6.17. The predicted molar refractivity (Wildman–Crippen MR) is 150 cm³/mol. The largest absolute Gasteiger partial charge is 0.481 e. The van der Waals surface area contributed by atoms with E-state index in [1.807, 2.05) is 0 Å². The molecular formula is C28H28ClF3N4O7. The Bertz CT molecular complexity index is 1550. The minimum atomic E-state index is -1.31. The number of rotatable bonds is 10. The van der Waals surface area contributed by atoms with Gasteiger partial charge in [-0.3, -0.25) is 10.1 Å². The number of ether oxygens (including phenoxy) is 3. The van der Waals surface area contributed by atoms with Gasteiger partial charge in [0, 0.05) is 42.4 Å². The first-order chi connectivity index (χ1) is 20.1. The van der Waals surface area contributed by atoms with Crippen molar-refractivity contribution in [2.24, 2.45) is 0 Å². The van der Waals surface area contributed by atoms with E-state index >= 15 is 4.39 Å². The number of nitrogens with one attached hydrogen (secondary N) is 1. The molecule has 43 heavy (non-hydrogen) atoms. The third kappa shape index (κ3) is 8.25. The number of amides is 1. The van der Waals surface area contributed by atoms with E-state index in [1.54, 1.807) is 20.8 Å².